The topological polar surface area (TPSA) is 59.1 Å². The van der Waals surface area contributed by atoms with Crippen LogP contribution in [0.25, 0.3) is 0 Å². The van der Waals surface area contributed by atoms with Crippen molar-refractivity contribution < 1.29 is 19.1 Å². The second-order valence-electron chi connectivity index (χ2n) is 7.04. The molecule has 2 aromatic carbocycles. The Morgan fingerprint density at radius 2 is 1.72 bits per heavy atom. The van der Waals surface area contributed by atoms with Crippen LogP contribution in [0.3, 0.4) is 0 Å². The van der Waals surface area contributed by atoms with Gasteiger partial charge in [0.2, 0.25) is 0 Å². The first-order chi connectivity index (χ1) is 14.0. The van der Waals surface area contributed by atoms with Gasteiger partial charge in [-0.15, -0.1) is 0 Å². The minimum absolute atomic E-state index is 0.0183. The molecule has 7 heteroatoms. The molecule has 0 aliphatic carbocycles. The number of benzene rings is 2. The van der Waals surface area contributed by atoms with Crippen molar-refractivity contribution in [1.29, 1.82) is 0 Å². The van der Waals surface area contributed by atoms with E-state index in [0.29, 0.717) is 24.4 Å². The maximum Gasteiger partial charge on any atom is 0.337 e. The molecular weight excluding hydrogens is 392 g/mol. The van der Waals surface area contributed by atoms with E-state index in [1.54, 1.807) is 18.2 Å². The summed E-state index contributed by atoms with van der Waals surface area (Å²) < 4.78 is 10.4. The van der Waals surface area contributed by atoms with Crippen molar-refractivity contribution in [2.24, 2.45) is 0 Å². The van der Waals surface area contributed by atoms with Crippen molar-refractivity contribution in [2.75, 3.05) is 39.9 Å². The summed E-state index contributed by atoms with van der Waals surface area (Å²) in [5.74, 6) is 0.159. The molecule has 0 unspecified atom stereocenters. The number of carbonyl (C=O) groups is 2. The SMILES string of the molecule is COC(=O)c1ccc(OCC(=O)N2CCN(Cc3ccc(Cl)cc3)CC2)c(C)c1. The average molecular weight is 417 g/mol. The molecule has 0 bridgehead atoms. The Balaban J connectivity index is 1.46. The maximum atomic E-state index is 12.5. The van der Waals surface area contributed by atoms with Gasteiger partial charge in [-0.25, -0.2) is 4.79 Å². The molecule has 1 fully saturated rings. The fraction of sp³-hybridized carbons (Fsp3) is 0.364. The zero-order valence-electron chi connectivity index (χ0n) is 16.7. The van der Waals surface area contributed by atoms with Crippen LogP contribution in [0.1, 0.15) is 21.5 Å². The van der Waals surface area contributed by atoms with E-state index in [-0.39, 0.29) is 12.5 Å². The molecule has 29 heavy (non-hydrogen) atoms. The molecular formula is C22H25ClN2O4. The van der Waals surface area contributed by atoms with E-state index >= 15 is 0 Å². The van der Waals surface area contributed by atoms with Crippen LogP contribution in [0.5, 0.6) is 5.75 Å². The Hall–Kier alpha value is -2.57. The molecule has 1 aliphatic rings. The highest BCUT2D eigenvalue weighted by atomic mass is 35.5. The summed E-state index contributed by atoms with van der Waals surface area (Å²) in [4.78, 5) is 28.2. The number of hydrogen-bond donors (Lipinski definition) is 0. The lowest BCUT2D eigenvalue weighted by Crippen LogP contribution is -2.49. The summed E-state index contributed by atoms with van der Waals surface area (Å²) in [6.45, 7) is 5.66. The Labute approximate surface area is 176 Å². The van der Waals surface area contributed by atoms with Gasteiger partial charge < -0.3 is 14.4 Å². The van der Waals surface area contributed by atoms with Crippen LogP contribution in [-0.2, 0) is 16.1 Å². The quantitative estimate of drug-likeness (QED) is 0.677. The molecule has 0 saturated carbocycles. The van der Waals surface area contributed by atoms with Crippen LogP contribution in [0.15, 0.2) is 42.5 Å². The molecule has 0 aromatic heterocycles. The molecule has 0 radical (unpaired) electrons. The molecule has 1 aliphatic heterocycles. The molecule has 0 spiro atoms. The van der Waals surface area contributed by atoms with Gasteiger partial charge in [0, 0.05) is 37.7 Å². The third-order valence-corrected chi connectivity index (χ3v) is 5.24. The van der Waals surface area contributed by atoms with Gasteiger partial charge in [0.25, 0.3) is 5.91 Å². The van der Waals surface area contributed by atoms with Crippen molar-refractivity contribution in [3.8, 4) is 5.75 Å². The van der Waals surface area contributed by atoms with Crippen molar-refractivity contribution >= 4 is 23.5 Å². The molecule has 2 aromatic rings. The lowest BCUT2D eigenvalue weighted by Gasteiger charge is -2.34. The number of carbonyl (C=O) groups excluding carboxylic acids is 2. The summed E-state index contributed by atoms with van der Waals surface area (Å²) in [6, 6.07) is 12.9. The monoisotopic (exact) mass is 416 g/mol. The van der Waals surface area contributed by atoms with Crippen LogP contribution in [0, 0.1) is 6.92 Å². The van der Waals surface area contributed by atoms with Crippen LogP contribution in [0.4, 0.5) is 0 Å². The first-order valence-electron chi connectivity index (χ1n) is 9.52. The van der Waals surface area contributed by atoms with Crippen LogP contribution in [-0.4, -0.2) is 61.6 Å². The van der Waals surface area contributed by atoms with Crippen molar-refractivity contribution in [2.45, 2.75) is 13.5 Å². The highest BCUT2D eigenvalue weighted by molar-refractivity contribution is 6.30. The summed E-state index contributed by atoms with van der Waals surface area (Å²) in [5.41, 5.74) is 2.46. The van der Waals surface area contributed by atoms with E-state index in [4.69, 9.17) is 21.1 Å². The van der Waals surface area contributed by atoms with Crippen LogP contribution < -0.4 is 4.74 Å². The summed E-state index contributed by atoms with van der Waals surface area (Å²) in [5, 5.41) is 0.735. The molecule has 6 nitrogen and oxygen atoms in total. The maximum absolute atomic E-state index is 12.5. The first-order valence-corrected chi connectivity index (χ1v) is 9.90. The normalized spacial score (nSPS) is 14.5. The van der Waals surface area contributed by atoms with Gasteiger partial charge in [0.15, 0.2) is 6.61 Å². The Morgan fingerprint density at radius 3 is 2.34 bits per heavy atom. The number of aryl methyl sites for hydroxylation is 1. The molecule has 1 heterocycles. The molecule has 0 N–H and O–H groups in total. The van der Waals surface area contributed by atoms with E-state index in [1.165, 1.54) is 12.7 Å². The van der Waals surface area contributed by atoms with Crippen molar-refractivity contribution in [3.63, 3.8) is 0 Å². The number of ether oxygens (including phenoxy) is 2. The Kier molecular flexibility index (Phi) is 7.12. The lowest BCUT2D eigenvalue weighted by molar-refractivity contribution is -0.135. The first kappa shape index (κ1) is 21.1. The number of amides is 1. The van der Waals surface area contributed by atoms with Gasteiger partial charge in [-0.1, -0.05) is 23.7 Å². The standard InChI is InChI=1S/C22H25ClN2O4/c1-16-13-18(22(27)28-2)5-8-20(16)29-15-21(26)25-11-9-24(10-12-25)14-17-3-6-19(23)7-4-17/h3-8,13H,9-12,14-15H2,1-2H3. The fourth-order valence-corrected chi connectivity index (χ4v) is 3.42. The van der Waals surface area contributed by atoms with E-state index in [1.807, 2.05) is 36.1 Å². The van der Waals surface area contributed by atoms with Gasteiger partial charge in [-0.2, -0.15) is 0 Å². The molecule has 0 atom stereocenters. The van der Waals surface area contributed by atoms with E-state index in [2.05, 4.69) is 4.90 Å². The molecule has 3 rings (SSSR count). The molecule has 1 amide bonds. The lowest BCUT2D eigenvalue weighted by atomic mass is 10.1. The predicted molar refractivity (Wildman–Crippen MR) is 111 cm³/mol. The van der Waals surface area contributed by atoms with E-state index in [9.17, 15) is 9.59 Å². The minimum atomic E-state index is -0.396. The zero-order valence-corrected chi connectivity index (χ0v) is 17.4. The predicted octanol–water partition coefficient (Wildman–Crippen LogP) is 3.16. The highest BCUT2D eigenvalue weighted by Crippen LogP contribution is 2.20. The number of hydrogen-bond acceptors (Lipinski definition) is 5. The number of esters is 1. The minimum Gasteiger partial charge on any atom is -0.483 e. The van der Waals surface area contributed by atoms with E-state index < -0.39 is 5.97 Å². The Morgan fingerprint density at radius 1 is 1.03 bits per heavy atom. The number of piperazine rings is 1. The molecule has 154 valence electrons. The summed E-state index contributed by atoms with van der Waals surface area (Å²) in [7, 11) is 1.34. The third kappa shape index (κ3) is 5.71. The second kappa shape index (κ2) is 9.76. The number of methoxy groups -OCH3 is 1. The van der Waals surface area contributed by atoms with Crippen molar-refractivity contribution in [3.05, 3.63) is 64.2 Å². The van der Waals surface area contributed by atoms with Gasteiger partial charge in [0.05, 0.1) is 12.7 Å². The smallest absolute Gasteiger partial charge is 0.337 e. The van der Waals surface area contributed by atoms with Crippen LogP contribution in [0.2, 0.25) is 5.02 Å². The molecule has 1 saturated heterocycles. The largest absolute Gasteiger partial charge is 0.483 e. The zero-order chi connectivity index (χ0) is 20.8. The third-order valence-electron chi connectivity index (χ3n) is 4.99. The highest BCUT2D eigenvalue weighted by Gasteiger charge is 2.21. The van der Waals surface area contributed by atoms with Gasteiger partial charge in [-0.3, -0.25) is 9.69 Å². The summed E-state index contributed by atoms with van der Waals surface area (Å²) in [6.07, 6.45) is 0. The van der Waals surface area contributed by atoms with E-state index in [0.717, 1.165) is 30.2 Å². The Bertz CT molecular complexity index is 862. The number of rotatable bonds is 6. The second-order valence-corrected chi connectivity index (χ2v) is 7.48. The van der Waals surface area contributed by atoms with Gasteiger partial charge in [-0.05, 0) is 48.4 Å². The van der Waals surface area contributed by atoms with Crippen LogP contribution >= 0.6 is 11.6 Å². The summed E-state index contributed by atoms with van der Waals surface area (Å²) >= 11 is 5.93. The fourth-order valence-electron chi connectivity index (χ4n) is 3.29. The number of halogens is 1. The van der Waals surface area contributed by atoms with Gasteiger partial charge >= 0.3 is 5.97 Å². The average Bonchev–Trinajstić information content (AvgIpc) is 2.74. The van der Waals surface area contributed by atoms with Crippen molar-refractivity contribution in [1.82, 2.24) is 9.80 Å². The van der Waals surface area contributed by atoms with Gasteiger partial charge in [0.1, 0.15) is 5.75 Å². The number of nitrogens with zero attached hydrogens (tertiary/aromatic N) is 2.